The van der Waals surface area contributed by atoms with Crippen LogP contribution in [-0.2, 0) is 30.4 Å². The Kier molecular flexibility index (Phi) is 12.4. The number of benzene rings is 1. The third kappa shape index (κ3) is 10.1. The van der Waals surface area contributed by atoms with Crippen molar-refractivity contribution in [2.45, 2.75) is 63.7 Å². The van der Waals surface area contributed by atoms with Crippen LogP contribution >= 0.6 is 0 Å². The highest BCUT2D eigenvalue weighted by Crippen LogP contribution is 2.10. The molecule has 0 saturated carbocycles. The molecule has 0 aromatic heterocycles. The number of amides is 4. The van der Waals surface area contributed by atoms with Gasteiger partial charge in [0, 0.05) is 12.8 Å². The SMILES string of the molecule is CCC(C)C(NC(=O)C(N)CCC(N)=O)C(=O)NC(CO)C(=O)NC(Cc1ccccc1)C(=O)O. The second kappa shape index (κ2) is 14.7. The molecule has 5 unspecified atom stereocenters. The van der Waals surface area contributed by atoms with Gasteiger partial charge in [0.2, 0.25) is 23.6 Å². The van der Waals surface area contributed by atoms with Gasteiger partial charge in [-0.05, 0) is 17.9 Å². The Labute approximate surface area is 203 Å². The molecule has 0 aliphatic heterocycles. The quantitative estimate of drug-likeness (QED) is 0.151. The number of aliphatic hydroxyl groups is 1. The number of aliphatic carboxylic acids is 1. The molecule has 1 aromatic carbocycles. The molecule has 4 amide bonds. The topological polar surface area (TPSA) is 214 Å². The van der Waals surface area contributed by atoms with Gasteiger partial charge in [-0.1, -0.05) is 50.6 Å². The number of hydrogen-bond donors (Lipinski definition) is 7. The number of carboxylic acids is 1. The van der Waals surface area contributed by atoms with E-state index in [1.54, 1.807) is 44.2 Å². The van der Waals surface area contributed by atoms with Crippen LogP contribution in [0.4, 0.5) is 0 Å². The Morgan fingerprint density at radius 2 is 1.54 bits per heavy atom. The number of aliphatic hydroxyl groups excluding tert-OH is 1. The molecule has 1 rings (SSSR count). The summed E-state index contributed by atoms with van der Waals surface area (Å²) in [6.45, 7) is 2.70. The lowest BCUT2D eigenvalue weighted by molar-refractivity contribution is -0.142. The van der Waals surface area contributed by atoms with Gasteiger partial charge in [-0.3, -0.25) is 19.2 Å². The van der Waals surface area contributed by atoms with Gasteiger partial charge in [-0.25, -0.2) is 4.79 Å². The monoisotopic (exact) mass is 493 g/mol. The average molecular weight is 494 g/mol. The van der Waals surface area contributed by atoms with Gasteiger partial charge in [-0.15, -0.1) is 0 Å². The molecular weight excluding hydrogens is 458 g/mol. The van der Waals surface area contributed by atoms with E-state index in [2.05, 4.69) is 16.0 Å². The van der Waals surface area contributed by atoms with Gasteiger partial charge in [0.15, 0.2) is 0 Å². The number of carbonyl (C=O) groups excluding carboxylic acids is 4. The van der Waals surface area contributed by atoms with E-state index in [-0.39, 0.29) is 25.2 Å². The molecule has 0 saturated heterocycles. The van der Waals surface area contributed by atoms with Crippen LogP contribution in [0.3, 0.4) is 0 Å². The summed E-state index contributed by atoms with van der Waals surface area (Å²) >= 11 is 0. The molecule has 0 aliphatic carbocycles. The van der Waals surface area contributed by atoms with E-state index >= 15 is 0 Å². The minimum absolute atomic E-state index is 0.00273. The highest BCUT2D eigenvalue weighted by Gasteiger charge is 2.32. The Morgan fingerprint density at radius 3 is 2.06 bits per heavy atom. The largest absolute Gasteiger partial charge is 0.480 e. The highest BCUT2D eigenvalue weighted by atomic mass is 16.4. The van der Waals surface area contributed by atoms with E-state index < -0.39 is 60.4 Å². The fraction of sp³-hybridized carbons (Fsp3) is 0.522. The Bertz CT molecular complexity index is 880. The first kappa shape index (κ1) is 29.5. The zero-order chi connectivity index (χ0) is 26.5. The molecule has 35 heavy (non-hydrogen) atoms. The van der Waals surface area contributed by atoms with Crippen LogP contribution < -0.4 is 27.4 Å². The summed E-state index contributed by atoms with van der Waals surface area (Å²) in [5, 5.41) is 26.4. The van der Waals surface area contributed by atoms with Gasteiger partial charge in [0.1, 0.15) is 18.1 Å². The van der Waals surface area contributed by atoms with E-state index in [0.717, 1.165) is 0 Å². The zero-order valence-electron chi connectivity index (χ0n) is 19.9. The number of carboxylic acid groups (broad SMARTS) is 1. The van der Waals surface area contributed by atoms with Crippen molar-refractivity contribution in [3.05, 3.63) is 35.9 Å². The first-order valence-electron chi connectivity index (χ1n) is 11.3. The van der Waals surface area contributed by atoms with E-state index in [1.807, 2.05) is 0 Å². The molecule has 12 nitrogen and oxygen atoms in total. The second-order valence-corrected chi connectivity index (χ2v) is 8.32. The van der Waals surface area contributed by atoms with Crippen LogP contribution in [0.15, 0.2) is 30.3 Å². The second-order valence-electron chi connectivity index (χ2n) is 8.32. The van der Waals surface area contributed by atoms with Crippen molar-refractivity contribution in [2.75, 3.05) is 6.61 Å². The molecule has 12 heteroatoms. The average Bonchev–Trinajstić information content (AvgIpc) is 2.83. The van der Waals surface area contributed by atoms with Crippen LogP contribution in [0.2, 0.25) is 0 Å². The first-order chi connectivity index (χ1) is 16.5. The van der Waals surface area contributed by atoms with Crippen LogP contribution in [0.25, 0.3) is 0 Å². The first-order valence-corrected chi connectivity index (χ1v) is 11.3. The van der Waals surface area contributed by atoms with Crippen molar-refractivity contribution in [2.24, 2.45) is 17.4 Å². The molecule has 1 aromatic rings. The number of hydrogen-bond acceptors (Lipinski definition) is 7. The van der Waals surface area contributed by atoms with E-state index in [4.69, 9.17) is 11.5 Å². The number of nitrogens with two attached hydrogens (primary N) is 2. The molecule has 9 N–H and O–H groups in total. The summed E-state index contributed by atoms with van der Waals surface area (Å²) in [6, 6.07) is 3.75. The molecule has 0 radical (unpaired) electrons. The minimum Gasteiger partial charge on any atom is -0.480 e. The fourth-order valence-corrected chi connectivity index (χ4v) is 3.17. The normalized spacial score (nSPS) is 15.1. The highest BCUT2D eigenvalue weighted by molar-refractivity contribution is 5.94. The maximum Gasteiger partial charge on any atom is 0.326 e. The lowest BCUT2D eigenvalue weighted by atomic mass is 9.97. The lowest BCUT2D eigenvalue weighted by Crippen LogP contribution is -2.59. The number of carbonyl (C=O) groups is 5. The lowest BCUT2D eigenvalue weighted by Gasteiger charge is -2.27. The maximum atomic E-state index is 12.9. The molecule has 0 aliphatic rings. The van der Waals surface area contributed by atoms with Gasteiger partial charge in [0.25, 0.3) is 0 Å². The predicted molar refractivity (Wildman–Crippen MR) is 127 cm³/mol. The van der Waals surface area contributed by atoms with Crippen molar-refractivity contribution >= 4 is 29.6 Å². The molecule has 0 bridgehead atoms. The van der Waals surface area contributed by atoms with Gasteiger partial charge < -0.3 is 37.6 Å². The van der Waals surface area contributed by atoms with Gasteiger partial charge >= 0.3 is 5.97 Å². The van der Waals surface area contributed by atoms with Crippen LogP contribution in [0, 0.1) is 5.92 Å². The Balaban J connectivity index is 2.87. The maximum absolute atomic E-state index is 12.9. The van der Waals surface area contributed by atoms with E-state index in [1.165, 1.54) is 0 Å². The molecule has 0 fully saturated rings. The third-order valence-corrected chi connectivity index (χ3v) is 5.54. The Hall–Kier alpha value is -3.51. The van der Waals surface area contributed by atoms with Crippen LogP contribution in [0.5, 0.6) is 0 Å². The summed E-state index contributed by atoms with van der Waals surface area (Å²) < 4.78 is 0. The minimum atomic E-state index is -1.45. The van der Waals surface area contributed by atoms with Crippen molar-refractivity contribution in [1.82, 2.24) is 16.0 Å². The summed E-state index contributed by atoms with van der Waals surface area (Å²) in [6.07, 6.45) is 0.386. The number of primary amides is 1. The molecule has 194 valence electrons. The van der Waals surface area contributed by atoms with E-state index in [9.17, 15) is 34.2 Å². The van der Waals surface area contributed by atoms with Crippen molar-refractivity contribution in [3.8, 4) is 0 Å². The number of nitrogens with one attached hydrogen (secondary N) is 3. The zero-order valence-corrected chi connectivity index (χ0v) is 19.9. The molecule has 0 spiro atoms. The van der Waals surface area contributed by atoms with Gasteiger partial charge in [-0.2, -0.15) is 0 Å². The van der Waals surface area contributed by atoms with Crippen LogP contribution in [0.1, 0.15) is 38.7 Å². The fourth-order valence-electron chi connectivity index (χ4n) is 3.17. The Morgan fingerprint density at radius 1 is 0.943 bits per heavy atom. The molecular formula is C23H35N5O7. The number of rotatable bonds is 15. The van der Waals surface area contributed by atoms with Crippen molar-refractivity contribution < 1.29 is 34.2 Å². The van der Waals surface area contributed by atoms with Crippen molar-refractivity contribution in [1.29, 1.82) is 0 Å². The summed E-state index contributed by atoms with van der Waals surface area (Å²) in [5.41, 5.74) is 11.5. The summed E-state index contributed by atoms with van der Waals surface area (Å²) in [4.78, 5) is 60.5. The molecule has 0 heterocycles. The smallest absolute Gasteiger partial charge is 0.326 e. The van der Waals surface area contributed by atoms with E-state index in [0.29, 0.717) is 12.0 Å². The van der Waals surface area contributed by atoms with Crippen molar-refractivity contribution in [3.63, 3.8) is 0 Å². The summed E-state index contributed by atoms with van der Waals surface area (Å²) in [5.74, 6) is -4.58. The van der Waals surface area contributed by atoms with Crippen LogP contribution in [-0.4, -0.2) is 70.6 Å². The summed E-state index contributed by atoms with van der Waals surface area (Å²) in [7, 11) is 0. The molecule has 5 atom stereocenters. The predicted octanol–water partition coefficient (Wildman–Crippen LogP) is -1.60. The van der Waals surface area contributed by atoms with Gasteiger partial charge in [0.05, 0.1) is 12.6 Å². The third-order valence-electron chi connectivity index (χ3n) is 5.54. The standard InChI is InChI=1S/C23H35N5O7/c1-3-13(2)19(28-20(31)15(24)9-10-18(25)30)22(33)27-17(12-29)21(32)26-16(23(34)35)11-14-7-5-4-6-8-14/h4-8,13,15-17,19,29H,3,9-12,24H2,1-2H3,(H2,25,30)(H,26,32)(H,27,33)(H,28,31)(H,34,35).